The standard InChI is InChI=1S/C13H18O4/c1-5-7(2)10(14)6-11-8(3)12(15)9(4)13(16)17-11/h7,15H,5-6H2,1-4H3. The Morgan fingerprint density at radius 3 is 2.47 bits per heavy atom. The van der Waals surface area contributed by atoms with E-state index in [4.69, 9.17) is 4.42 Å². The molecule has 0 aromatic carbocycles. The lowest BCUT2D eigenvalue weighted by atomic mass is 9.98. The summed E-state index contributed by atoms with van der Waals surface area (Å²) in [5.74, 6) is 0.141. The molecule has 0 saturated carbocycles. The average Bonchev–Trinajstić information content (AvgIpc) is 2.32. The first-order valence-electron chi connectivity index (χ1n) is 5.73. The second kappa shape index (κ2) is 5.17. The molecule has 4 heteroatoms. The number of hydrogen-bond donors (Lipinski definition) is 1. The van der Waals surface area contributed by atoms with Gasteiger partial charge in [0.2, 0.25) is 0 Å². The number of aromatic hydroxyl groups is 1. The van der Waals surface area contributed by atoms with E-state index in [0.29, 0.717) is 5.56 Å². The molecule has 0 aliphatic rings. The molecular weight excluding hydrogens is 220 g/mol. The van der Waals surface area contributed by atoms with Crippen molar-refractivity contribution >= 4 is 5.78 Å². The van der Waals surface area contributed by atoms with Gasteiger partial charge in [-0.05, 0) is 20.3 Å². The lowest BCUT2D eigenvalue weighted by Crippen LogP contribution is -2.16. The summed E-state index contributed by atoms with van der Waals surface area (Å²) in [7, 11) is 0. The lowest BCUT2D eigenvalue weighted by Gasteiger charge is -2.10. The van der Waals surface area contributed by atoms with Crippen LogP contribution in [0.2, 0.25) is 0 Å². The van der Waals surface area contributed by atoms with Crippen LogP contribution in [-0.2, 0) is 11.2 Å². The van der Waals surface area contributed by atoms with Crippen LogP contribution in [0.1, 0.15) is 37.2 Å². The maximum absolute atomic E-state index is 11.8. The molecule has 4 nitrogen and oxygen atoms in total. The molecule has 0 amide bonds. The van der Waals surface area contributed by atoms with Crippen molar-refractivity contribution in [3.8, 4) is 5.75 Å². The van der Waals surface area contributed by atoms with Gasteiger partial charge in [0, 0.05) is 11.5 Å². The van der Waals surface area contributed by atoms with E-state index in [1.165, 1.54) is 6.92 Å². The second-order valence-corrected chi connectivity index (χ2v) is 4.36. The van der Waals surface area contributed by atoms with E-state index in [1.807, 2.05) is 13.8 Å². The second-order valence-electron chi connectivity index (χ2n) is 4.36. The zero-order valence-corrected chi connectivity index (χ0v) is 10.7. The third-order valence-corrected chi connectivity index (χ3v) is 3.15. The summed E-state index contributed by atoms with van der Waals surface area (Å²) in [4.78, 5) is 23.2. The van der Waals surface area contributed by atoms with Crippen LogP contribution in [-0.4, -0.2) is 10.9 Å². The van der Waals surface area contributed by atoms with Crippen LogP contribution in [0.15, 0.2) is 9.21 Å². The molecule has 1 heterocycles. The van der Waals surface area contributed by atoms with Crippen molar-refractivity contribution in [3.63, 3.8) is 0 Å². The molecule has 1 aromatic rings. The Balaban J connectivity index is 3.09. The van der Waals surface area contributed by atoms with E-state index in [-0.39, 0.29) is 35.2 Å². The van der Waals surface area contributed by atoms with Crippen LogP contribution < -0.4 is 5.63 Å². The summed E-state index contributed by atoms with van der Waals surface area (Å²) >= 11 is 0. The van der Waals surface area contributed by atoms with E-state index >= 15 is 0 Å². The monoisotopic (exact) mass is 238 g/mol. The van der Waals surface area contributed by atoms with Crippen molar-refractivity contribution in [3.05, 3.63) is 27.3 Å². The van der Waals surface area contributed by atoms with Gasteiger partial charge in [0.25, 0.3) is 0 Å². The molecule has 0 bridgehead atoms. The fraction of sp³-hybridized carbons (Fsp3) is 0.538. The first-order chi connectivity index (χ1) is 7.88. The number of hydrogen-bond acceptors (Lipinski definition) is 4. The number of rotatable bonds is 4. The molecule has 94 valence electrons. The molecule has 1 atom stereocenters. The fourth-order valence-corrected chi connectivity index (χ4v) is 1.50. The van der Waals surface area contributed by atoms with E-state index in [9.17, 15) is 14.7 Å². The predicted molar refractivity (Wildman–Crippen MR) is 64.3 cm³/mol. The number of carbonyl (C=O) groups is 1. The van der Waals surface area contributed by atoms with Gasteiger partial charge in [-0.3, -0.25) is 4.79 Å². The zero-order chi connectivity index (χ0) is 13.2. The van der Waals surface area contributed by atoms with Crippen LogP contribution in [0.5, 0.6) is 5.75 Å². The Morgan fingerprint density at radius 2 is 1.94 bits per heavy atom. The molecule has 0 aliphatic heterocycles. The fourth-order valence-electron chi connectivity index (χ4n) is 1.50. The SMILES string of the molecule is CCC(C)C(=O)Cc1oc(=O)c(C)c(O)c1C. The van der Waals surface area contributed by atoms with Crippen molar-refractivity contribution in [2.45, 2.75) is 40.5 Å². The zero-order valence-electron chi connectivity index (χ0n) is 10.7. The highest BCUT2D eigenvalue weighted by atomic mass is 16.4. The van der Waals surface area contributed by atoms with Crippen molar-refractivity contribution < 1.29 is 14.3 Å². The van der Waals surface area contributed by atoms with E-state index in [2.05, 4.69) is 0 Å². The summed E-state index contributed by atoms with van der Waals surface area (Å²) in [6.07, 6.45) is 0.809. The molecule has 1 rings (SSSR count). The van der Waals surface area contributed by atoms with Gasteiger partial charge >= 0.3 is 5.63 Å². The Kier molecular flexibility index (Phi) is 4.10. The molecule has 0 spiro atoms. The Labute approximate surface area is 100 Å². The molecular formula is C13H18O4. The molecule has 1 aromatic heterocycles. The topological polar surface area (TPSA) is 67.5 Å². The van der Waals surface area contributed by atoms with Gasteiger partial charge in [0.05, 0.1) is 12.0 Å². The van der Waals surface area contributed by atoms with Crippen LogP contribution in [0.4, 0.5) is 0 Å². The number of ketones is 1. The highest BCUT2D eigenvalue weighted by Gasteiger charge is 2.18. The highest BCUT2D eigenvalue weighted by Crippen LogP contribution is 2.22. The molecule has 17 heavy (non-hydrogen) atoms. The summed E-state index contributed by atoms with van der Waals surface area (Å²) < 4.78 is 5.05. The minimum Gasteiger partial charge on any atom is -0.507 e. The van der Waals surface area contributed by atoms with Crippen molar-refractivity contribution in [2.75, 3.05) is 0 Å². The summed E-state index contributed by atoms with van der Waals surface area (Å²) in [6, 6.07) is 0. The predicted octanol–water partition coefficient (Wildman–Crippen LogP) is 2.12. The Bertz CT molecular complexity index is 485. The van der Waals surface area contributed by atoms with Crippen molar-refractivity contribution in [1.82, 2.24) is 0 Å². The first-order valence-corrected chi connectivity index (χ1v) is 5.73. The number of Topliss-reactive ketones (excluding diaryl/α,β-unsaturated/α-hetero) is 1. The summed E-state index contributed by atoms with van der Waals surface area (Å²) in [5.41, 5.74) is 0.0704. The van der Waals surface area contributed by atoms with E-state index < -0.39 is 5.63 Å². The molecule has 1 N–H and O–H groups in total. The summed E-state index contributed by atoms with van der Waals surface area (Å²) in [5, 5.41) is 9.71. The largest absolute Gasteiger partial charge is 0.507 e. The maximum atomic E-state index is 11.8. The van der Waals surface area contributed by atoms with E-state index in [1.54, 1.807) is 6.92 Å². The number of carbonyl (C=O) groups excluding carboxylic acids is 1. The van der Waals surface area contributed by atoms with Gasteiger partial charge in [-0.1, -0.05) is 13.8 Å². The Hall–Kier alpha value is -1.58. The van der Waals surface area contributed by atoms with Gasteiger partial charge < -0.3 is 9.52 Å². The van der Waals surface area contributed by atoms with Crippen molar-refractivity contribution in [2.24, 2.45) is 5.92 Å². The van der Waals surface area contributed by atoms with Gasteiger partial charge in [-0.2, -0.15) is 0 Å². The molecule has 0 saturated heterocycles. The molecule has 0 aliphatic carbocycles. The normalized spacial score (nSPS) is 12.5. The minimum absolute atomic E-state index is 0.0157. The quantitative estimate of drug-likeness (QED) is 0.872. The smallest absolute Gasteiger partial charge is 0.342 e. The Morgan fingerprint density at radius 1 is 1.35 bits per heavy atom. The molecule has 0 fully saturated rings. The minimum atomic E-state index is -0.583. The third-order valence-electron chi connectivity index (χ3n) is 3.15. The van der Waals surface area contributed by atoms with Crippen LogP contribution >= 0.6 is 0 Å². The van der Waals surface area contributed by atoms with Crippen LogP contribution in [0.3, 0.4) is 0 Å². The molecule has 0 radical (unpaired) electrons. The van der Waals surface area contributed by atoms with Crippen LogP contribution in [0, 0.1) is 19.8 Å². The maximum Gasteiger partial charge on any atom is 0.342 e. The van der Waals surface area contributed by atoms with Crippen LogP contribution in [0.25, 0.3) is 0 Å². The third kappa shape index (κ3) is 2.75. The van der Waals surface area contributed by atoms with Gasteiger partial charge in [0.15, 0.2) is 0 Å². The highest BCUT2D eigenvalue weighted by molar-refractivity contribution is 5.82. The van der Waals surface area contributed by atoms with Gasteiger partial charge in [0.1, 0.15) is 17.3 Å². The van der Waals surface area contributed by atoms with Gasteiger partial charge in [-0.15, -0.1) is 0 Å². The molecule has 1 unspecified atom stereocenters. The average molecular weight is 238 g/mol. The first kappa shape index (κ1) is 13.5. The van der Waals surface area contributed by atoms with Crippen molar-refractivity contribution in [1.29, 1.82) is 0 Å². The van der Waals surface area contributed by atoms with Gasteiger partial charge in [-0.25, -0.2) is 4.79 Å². The summed E-state index contributed by atoms with van der Waals surface area (Å²) in [6.45, 7) is 6.90. The lowest BCUT2D eigenvalue weighted by molar-refractivity contribution is -0.122. The van der Waals surface area contributed by atoms with E-state index in [0.717, 1.165) is 6.42 Å².